The quantitative estimate of drug-likeness (QED) is 0.425. The summed E-state index contributed by atoms with van der Waals surface area (Å²) >= 11 is 0. The normalized spacial score (nSPS) is 12.0. The van der Waals surface area contributed by atoms with Crippen LogP contribution < -0.4 is 5.32 Å². The first-order chi connectivity index (χ1) is 14.9. The van der Waals surface area contributed by atoms with Gasteiger partial charge in [-0.05, 0) is 31.2 Å². The van der Waals surface area contributed by atoms with Crippen molar-refractivity contribution >= 4 is 28.4 Å². The standard InChI is InChI=1S/C24H19F2N3O2/c1-14-6-8-15(9-7-14)23(31)17(24-28-20-4-2-3-5-21(20)29-24)13-22(30)27-16-10-11-18(25)19(26)12-16/h2-12,17H,13H2,1H3,(H,27,30)(H,28,29). The van der Waals surface area contributed by atoms with Gasteiger partial charge in [0, 0.05) is 23.7 Å². The fraction of sp³-hybridized carbons (Fsp3) is 0.125. The van der Waals surface area contributed by atoms with Gasteiger partial charge in [0.1, 0.15) is 5.82 Å². The fourth-order valence-corrected chi connectivity index (χ4v) is 3.34. The van der Waals surface area contributed by atoms with Crippen LogP contribution in [-0.4, -0.2) is 21.7 Å². The predicted octanol–water partition coefficient (Wildman–Crippen LogP) is 5.14. The Balaban J connectivity index is 1.64. The van der Waals surface area contributed by atoms with E-state index < -0.39 is 23.5 Å². The number of imidazole rings is 1. The molecule has 1 unspecified atom stereocenters. The van der Waals surface area contributed by atoms with Crippen LogP contribution in [0.25, 0.3) is 11.0 Å². The van der Waals surface area contributed by atoms with Crippen LogP contribution in [0.2, 0.25) is 0 Å². The summed E-state index contributed by atoms with van der Waals surface area (Å²) in [6.07, 6.45) is -0.217. The van der Waals surface area contributed by atoms with Crippen LogP contribution in [0.5, 0.6) is 0 Å². The molecular weight excluding hydrogens is 400 g/mol. The Labute approximate surface area is 177 Å². The Morgan fingerprint density at radius 3 is 2.45 bits per heavy atom. The lowest BCUT2D eigenvalue weighted by Crippen LogP contribution is -2.22. The van der Waals surface area contributed by atoms with Crippen molar-refractivity contribution in [3.8, 4) is 0 Å². The van der Waals surface area contributed by atoms with Gasteiger partial charge in [-0.3, -0.25) is 9.59 Å². The average molecular weight is 419 g/mol. The second-order valence-corrected chi connectivity index (χ2v) is 7.30. The Morgan fingerprint density at radius 2 is 1.74 bits per heavy atom. The maximum Gasteiger partial charge on any atom is 0.225 e. The van der Waals surface area contributed by atoms with Crippen molar-refractivity contribution in [1.29, 1.82) is 0 Å². The molecule has 1 heterocycles. The maximum atomic E-state index is 13.5. The van der Waals surface area contributed by atoms with Gasteiger partial charge in [0.2, 0.25) is 5.91 Å². The van der Waals surface area contributed by atoms with E-state index >= 15 is 0 Å². The molecule has 0 saturated heterocycles. The zero-order valence-electron chi connectivity index (χ0n) is 16.7. The summed E-state index contributed by atoms with van der Waals surface area (Å²) in [6.45, 7) is 1.92. The molecule has 0 aliphatic carbocycles. The Kier molecular flexibility index (Phi) is 5.58. The van der Waals surface area contributed by atoms with E-state index in [0.717, 1.165) is 23.2 Å². The first-order valence-electron chi connectivity index (χ1n) is 9.71. The van der Waals surface area contributed by atoms with Crippen LogP contribution in [0, 0.1) is 18.6 Å². The molecule has 0 radical (unpaired) electrons. The smallest absolute Gasteiger partial charge is 0.225 e. The number of nitrogens with one attached hydrogen (secondary N) is 2. The monoisotopic (exact) mass is 419 g/mol. The molecule has 1 atom stereocenters. The van der Waals surface area contributed by atoms with Gasteiger partial charge >= 0.3 is 0 Å². The highest BCUT2D eigenvalue weighted by Crippen LogP contribution is 2.26. The Hall–Kier alpha value is -3.87. The number of aromatic nitrogens is 2. The third-order valence-corrected chi connectivity index (χ3v) is 4.98. The summed E-state index contributed by atoms with van der Waals surface area (Å²) in [4.78, 5) is 33.6. The van der Waals surface area contributed by atoms with Crippen LogP contribution in [-0.2, 0) is 4.79 Å². The van der Waals surface area contributed by atoms with E-state index in [0.29, 0.717) is 16.9 Å². The minimum Gasteiger partial charge on any atom is -0.341 e. The average Bonchev–Trinajstić information content (AvgIpc) is 3.19. The maximum absolute atomic E-state index is 13.5. The topological polar surface area (TPSA) is 74.8 Å². The minimum absolute atomic E-state index is 0.107. The number of anilines is 1. The van der Waals surface area contributed by atoms with Crippen molar-refractivity contribution in [2.45, 2.75) is 19.3 Å². The number of fused-ring (bicyclic) bond motifs is 1. The molecular formula is C24H19F2N3O2. The molecule has 4 rings (SSSR count). The number of benzene rings is 3. The number of carbonyl (C=O) groups excluding carboxylic acids is 2. The molecule has 0 aliphatic rings. The van der Waals surface area contributed by atoms with Crippen molar-refractivity contribution < 1.29 is 18.4 Å². The summed E-state index contributed by atoms with van der Waals surface area (Å²) in [5, 5.41) is 2.52. The van der Waals surface area contributed by atoms with Crippen molar-refractivity contribution in [3.63, 3.8) is 0 Å². The second-order valence-electron chi connectivity index (χ2n) is 7.30. The molecule has 7 heteroatoms. The number of amides is 1. The van der Waals surface area contributed by atoms with Crippen LogP contribution in [0.3, 0.4) is 0 Å². The highest BCUT2D eigenvalue weighted by molar-refractivity contribution is 6.04. The van der Waals surface area contributed by atoms with Crippen molar-refractivity contribution in [2.24, 2.45) is 0 Å². The van der Waals surface area contributed by atoms with Crippen LogP contribution >= 0.6 is 0 Å². The molecule has 31 heavy (non-hydrogen) atoms. The number of Topliss-reactive ketones (excluding diaryl/α,β-unsaturated/α-hetero) is 1. The Morgan fingerprint density at radius 1 is 1.00 bits per heavy atom. The molecule has 5 nitrogen and oxygen atoms in total. The van der Waals surface area contributed by atoms with Crippen molar-refractivity contribution in [2.75, 3.05) is 5.32 Å². The first kappa shape index (κ1) is 20.4. The van der Waals surface area contributed by atoms with Crippen LogP contribution in [0.15, 0.2) is 66.7 Å². The molecule has 4 aromatic rings. The van der Waals surface area contributed by atoms with Crippen LogP contribution in [0.4, 0.5) is 14.5 Å². The molecule has 0 spiro atoms. The van der Waals surface area contributed by atoms with Gasteiger partial charge in [0.15, 0.2) is 17.4 Å². The number of hydrogen-bond acceptors (Lipinski definition) is 3. The molecule has 156 valence electrons. The first-order valence-corrected chi connectivity index (χ1v) is 9.71. The van der Waals surface area contributed by atoms with E-state index in [1.54, 1.807) is 12.1 Å². The third kappa shape index (κ3) is 4.50. The number of aryl methyl sites for hydroxylation is 1. The molecule has 0 saturated carbocycles. The molecule has 1 aromatic heterocycles. The summed E-state index contributed by atoms with van der Waals surface area (Å²) < 4.78 is 26.6. The number of carbonyl (C=O) groups is 2. The summed E-state index contributed by atoms with van der Waals surface area (Å²) in [7, 11) is 0. The van der Waals surface area contributed by atoms with Gasteiger partial charge in [-0.2, -0.15) is 0 Å². The van der Waals surface area contributed by atoms with Crippen molar-refractivity contribution in [3.05, 3.63) is 95.3 Å². The summed E-state index contributed by atoms with van der Waals surface area (Å²) in [5.41, 5.74) is 3.00. The number of H-pyrrole nitrogens is 1. The number of halogens is 2. The Bertz CT molecular complexity index is 1230. The second kappa shape index (κ2) is 8.47. The zero-order valence-corrected chi connectivity index (χ0v) is 16.7. The van der Waals surface area contributed by atoms with E-state index in [4.69, 9.17) is 0 Å². The summed E-state index contributed by atoms with van der Waals surface area (Å²) in [6, 6.07) is 17.5. The SMILES string of the molecule is Cc1ccc(C(=O)C(CC(=O)Nc2ccc(F)c(F)c2)c2nc3ccccc3[nH]2)cc1. The molecule has 0 fully saturated rings. The van der Waals surface area contributed by atoms with Gasteiger partial charge in [-0.25, -0.2) is 13.8 Å². The molecule has 3 aromatic carbocycles. The number of rotatable bonds is 6. The lowest BCUT2D eigenvalue weighted by Gasteiger charge is -2.14. The highest BCUT2D eigenvalue weighted by atomic mass is 19.2. The lowest BCUT2D eigenvalue weighted by molar-refractivity contribution is -0.116. The van der Waals surface area contributed by atoms with Gasteiger partial charge in [-0.15, -0.1) is 0 Å². The lowest BCUT2D eigenvalue weighted by atomic mass is 9.93. The number of hydrogen-bond donors (Lipinski definition) is 2. The predicted molar refractivity (Wildman–Crippen MR) is 114 cm³/mol. The largest absolute Gasteiger partial charge is 0.341 e. The van der Waals surface area contributed by atoms with Gasteiger partial charge in [0.25, 0.3) is 0 Å². The zero-order chi connectivity index (χ0) is 22.0. The van der Waals surface area contributed by atoms with E-state index in [1.165, 1.54) is 6.07 Å². The number of nitrogens with zero attached hydrogens (tertiary/aromatic N) is 1. The fourth-order valence-electron chi connectivity index (χ4n) is 3.34. The van der Waals surface area contributed by atoms with Gasteiger partial charge in [-0.1, -0.05) is 42.0 Å². The highest BCUT2D eigenvalue weighted by Gasteiger charge is 2.28. The molecule has 2 N–H and O–H groups in total. The third-order valence-electron chi connectivity index (χ3n) is 4.98. The minimum atomic E-state index is -1.07. The van der Waals surface area contributed by atoms with E-state index in [9.17, 15) is 18.4 Å². The molecule has 0 bridgehead atoms. The van der Waals surface area contributed by atoms with Gasteiger partial charge < -0.3 is 10.3 Å². The van der Waals surface area contributed by atoms with E-state index in [2.05, 4.69) is 15.3 Å². The number of para-hydroxylation sites is 2. The number of aromatic amines is 1. The van der Waals surface area contributed by atoms with Crippen molar-refractivity contribution in [1.82, 2.24) is 9.97 Å². The number of ketones is 1. The van der Waals surface area contributed by atoms with E-state index in [-0.39, 0.29) is 17.9 Å². The molecule has 1 amide bonds. The molecule has 0 aliphatic heterocycles. The van der Waals surface area contributed by atoms with E-state index in [1.807, 2.05) is 43.3 Å². The van der Waals surface area contributed by atoms with Crippen LogP contribution in [0.1, 0.15) is 34.1 Å². The summed E-state index contributed by atoms with van der Waals surface area (Å²) in [5.74, 6) is -3.36. The van der Waals surface area contributed by atoms with Gasteiger partial charge in [0.05, 0.1) is 17.0 Å².